The second-order valence-corrected chi connectivity index (χ2v) is 8.49. The molecule has 2 heterocycles. The van der Waals surface area contributed by atoms with Crippen LogP contribution < -0.4 is 21.9 Å². The van der Waals surface area contributed by atoms with Crippen LogP contribution in [-0.4, -0.2) is 51.7 Å². The van der Waals surface area contributed by atoms with Gasteiger partial charge in [-0.05, 0) is 25.5 Å². The van der Waals surface area contributed by atoms with Crippen molar-refractivity contribution in [1.82, 2.24) is 19.7 Å². The molecule has 34 heavy (non-hydrogen) atoms. The van der Waals surface area contributed by atoms with Crippen LogP contribution in [0.15, 0.2) is 43.5 Å². The smallest absolute Gasteiger partial charge is 0.330 e. The van der Waals surface area contributed by atoms with Gasteiger partial charge in [0, 0.05) is 25.8 Å². The molecule has 0 fully saturated rings. The van der Waals surface area contributed by atoms with E-state index in [2.05, 4.69) is 15.2 Å². The van der Waals surface area contributed by atoms with Gasteiger partial charge in [0.1, 0.15) is 5.82 Å². The molecule has 0 saturated carbocycles. The Morgan fingerprint density at radius 2 is 2.00 bits per heavy atom. The topological polar surface area (TPSA) is 149 Å². The minimum atomic E-state index is -0.732. The number of hydrogen-bond donors (Lipinski definition) is 2. The van der Waals surface area contributed by atoms with Crippen LogP contribution in [0.3, 0.4) is 0 Å². The zero-order chi connectivity index (χ0) is 24.7. The molecule has 1 amide bonds. The number of amides is 1. The van der Waals surface area contributed by atoms with Crippen molar-refractivity contribution in [3.8, 4) is 11.5 Å². The normalized spacial score (nSPS) is 11.0. The van der Waals surface area contributed by atoms with Crippen molar-refractivity contribution < 1.29 is 13.9 Å². The first-order valence-electron chi connectivity index (χ1n) is 10.8. The summed E-state index contributed by atoms with van der Waals surface area (Å²) >= 11 is 1.04. The van der Waals surface area contributed by atoms with E-state index in [1.54, 1.807) is 0 Å². The number of nitrogens with one attached hydrogen (secondary N) is 1. The number of nitrogen functional groups attached to an aromatic ring is 1. The first kappa shape index (κ1) is 25.2. The van der Waals surface area contributed by atoms with Gasteiger partial charge >= 0.3 is 5.69 Å². The highest BCUT2D eigenvalue weighted by molar-refractivity contribution is 7.99. The zero-order valence-corrected chi connectivity index (χ0v) is 20.2. The lowest BCUT2D eigenvalue weighted by Gasteiger charge is -2.24. The summed E-state index contributed by atoms with van der Waals surface area (Å²) in [7, 11) is 1.48. The number of carbonyl (C=O) groups is 1. The summed E-state index contributed by atoms with van der Waals surface area (Å²) in [5.41, 5.74) is 6.64. The fraction of sp³-hybridized carbons (Fsp3) is 0.409. The van der Waals surface area contributed by atoms with Gasteiger partial charge in [0.2, 0.25) is 11.8 Å². The molecule has 3 aromatic rings. The number of thioether (sulfide) groups is 1. The molecule has 0 atom stereocenters. The van der Waals surface area contributed by atoms with Gasteiger partial charge in [-0.3, -0.25) is 19.1 Å². The number of ether oxygens (including phenoxy) is 1. The number of rotatable bonds is 11. The van der Waals surface area contributed by atoms with Crippen LogP contribution in [0.5, 0.6) is 0 Å². The number of benzene rings is 1. The number of H-pyrrole nitrogens is 1. The third-order valence-electron chi connectivity index (χ3n) is 5.06. The Bertz CT molecular complexity index is 1230. The maximum absolute atomic E-state index is 13.1. The van der Waals surface area contributed by atoms with Gasteiger partial charge in [0.05, 0.1) is 12.4 Å². The molecule has 0 bridgehead atoms. The average Bonchev–Trinajstić information content (AvgIpc) is 3.29. The Kier molecular flexibility index (Phi) is 8.66. The highest BCUT2D eigenvalue weighted by atomic mass is 32.2. The van der Waals surface area contributed by atoms with Gasteiger partial charge in [-0.2, -0.15) is 0 Å². The summed E-state index contributed by atoms with van der Waals surface area (Å²) in [6, 6.07) is 7.62. The first-order chi connectivity index (χ1) is 16.3. The number of carbonyl (C=O) groups excluding carboxylic acids is 1. The molecule has 3 N–H and O–H groups in total. The lowest BCUT2D eigenvalue weighted by Crippen LogP contribution is -2.43. The quantitative estimate of drug-likeness (QED) is 0.387. The van der Waals surface area contributed by atoms with Crippen LogP contribution in [0, 0.1) is 6.92 Å². The maximum Gasteiger partial charge on any atom is 0.330 e. The van der Waals surface area contributed by atoms with Gasteiger partial charge < -0.3 is 19.8 Å². The molecule has 0 saturated heterocycles. The summed E-state index contributed by atoms with van der Waals surface area (Å²) in [5, 5.41) is 8.23. The van der Waals surface area contributed by atoms with Crippen LogP contribution in [0.25, 0.3) is 11.5 Å². The molecule has 1 aromatic carbocycles. The molecule has 12 heteroatoms. The highest BCUT2D eigenvalue weighted by Gasteiger charge is 2.25. The van der Waals surface area contributed by atoms with Crippen molar-refractivity contribution in [3.05, 3.63) is 50.7 Å². The molecule has 0 unspecified atom stereocenters. The lowest BCUT2D eigenvalue weighted by molar-refractivity contribution is -0.116. The third kappa shape index (κ3) is 5.94. The Morgan fingerprint density at radius 1 is 1.26 bits per heavy atom. The number of aryl methyl sites for hydroxylation is 1. The van der Waals surface area contributed by atoms with E-state index in [0.29, 0.717) is 18.9 Å². The van der Waals surface area contributed by atoms with E-state index >= 15 is 0 Å². The van der Waals surface area contributed by atoms with Crippen molar-refractivity contribution in [1.29, 1.82) is 0 Å². The fourth-order valence-electron chi connectivity index (χ4n) is 3.20. The summed E-state index contributed by atoms with van der Waals surface area (Å²) in [5.74, 6) is -0.229. The molecule has 11 nitrogen and oxygen atoms in total. The number of hydrogen-bond acceptors (Lipinski definition) is 9. The van der Waals surface area contributed by atoms with E-state index in [1.807, 2.05) is 38.1 Å². The molecular formula is C22H28N6O5S. The molecule has 0 aliphatic heterocycles. The minimum absolute atomic E-state index is 0.0592. The van der Waals surface area contributed by atoms with Crippen LogP contribution in [0.2, 0.25) is 0 Å². The van der Waals surface area contributed by atoms with Gasteiger partial charge in [-0.1, -0.05) is 42.8 Å². The van der Waals surface area contributed by atoms with E-state index in [4.69, 9.17) is 14.9 Å². The zero-order valence-electron chi connectivity index (χ0n) is 19.4. The third-order valence-corrected chi connectivity index (χ3v) is 5.87. The average molecular weight is 489 g/mol. The van der Waals surface area contributed by atoms with Crippen molar-refractivity contribution in [2.45, 2.75) is 38.5 Å². The van der Waals surface area contributed by atoms with Gasteiger partial charge in [-0.15, -0.1) is 10.2 Å². The maximum atomic E-state index is 13.1. The Morgan fingerprint density at radius 3 is 2.68 bits per heavy atom. The molecule has 0 spiro atoms. The summed E-state index contributed by atoms with van der Waals surface area (Å²) in [6.07, 6.45) is 1.52. The van der Waals surface area contributed by atoms with E-state index in [9.17, 15) is 14.4 Å². The molecule has 0 radical (unpaired) electrons. The van der Waals surface area contributed by atoms with Crippen molar-refractivity contribution in [2.24, 2.45) is 0 Å². The van der Waals surface area contributed by atoms with Gasteiger partial charge in [0.25, 0.3) is 10.8 Å². The van der Waals surface area contributed by atoms with Crippen LogP contribution in [0.1, 0.15) is 25.3 Å². The highest BCUT2D eigenvalue weighted by Crippen LogP contribution is 2.25. The minimum Gasteiger partial charge on any atom is -0.411 e. The number of methoxy groups -OCH3 is 1. The molecule has 0 aliphatic carbocycles. The van der Waals surface area contributed by atoms with Crippen molar-refractivity contribution >= 4 is 29.2 Å². The molecule has 3 rings (SSSR count). The monoisotopic (exact) mass is 488 g/mol. The number of unbranched alkanes of at least 4 members (excludes halogenated alkanes) is 1. The molecule has 0 aliphatic rings. The molecule has 2 aromatic heterocycles. The van der Waals surface area contributed by atoms with Crippen molar-refractivity contribution in [3.63, 3.8) is 0 Å². The predicted octanol–water partition coefficient (Wildman–Crippen LogP) is 2.05. The number of aromatic amines is 1. The van der Waals surface area contributed by atoms with Crippen LogP contribution >= 0.6 is 11.8 Å². The van der Waals surface area contributed by atoms with Crippen LogP contribution in [0.4, 0.5) is 11.5 Å². The number of nitrogens with zero attached hydrogens (tertiary/aromatic N) is 4. The predicted molar refractivity (Wildman–Crippen MR) is 130 cm³/mol. The van der Waals surface area contributed by atoms with E-state index in [0.717, 1.165) is 29.3 Å². The van der Waals surface area contributed by atoms with E-state index in [-0.39, 0.29) is 35.6 Å². The standard InChI is InChI=1S/C22H28N6O5S/c1-4-5-10-28-18(23)17(19(30)24-21(28)31)27(11-12-32-3)16(29)13-34-22-26-25-20(33-22)15-8-6-14(2)7-9-15/h6-9H,4-5,10-13,23H2,1-3H3,(H,24,30,31). The van der Waals surface area contributed by atoms with Crippen LogP contribution in [-0.2, 0) is 16.1 Å². The SMILES string of the molecule is CCCCn1c(N)c(N(CCOC)C(=O)CSc2nnc(-c3ccc(C)cc3)o2)c(=O)[nH]c1=O. The number of anilines is 2. The lowest BCUT2D eigenvalue weighted by atomic mass is 10.1. The molecule has 182 valence electrons. The molecular weight excluding hydrogens is 460 g/mol. The Labute approximate surface area is 200 Å². The van der Waals surface area contributed by atoms with E-state index < -0.39 is 17.2 Å². The fourth-order valence-corrected chi connectivity index (χ4v) is 3.84. The first-order valence-corrected chi connectivity index (χ1v) is 11.8. The largest absolute Gasteiger partial charge is 0.411 e. The Balaban J connectivity index is 1.81. The summed E-state index contributed by atoms with van der Waals surface area (Å²) in [6.45, 7) is 4.53. The number of nitrogens with two attached hydrogens (primary N) is 1. The summed E-state index contributed by atoms with van der Waals surface area (Å²) in [4.78, 5) is 41.5. The summed E-state index contributed by atoms with van der Waals surface area (Å²) < 4.78 is 12.0. The second-order valence-electron chi connectivity index (χ2n) is 7.56. The Hall–Kier alpha value is -3.38. The van der Waals surface area contributed by atoms with Gasteiger partial charge in [-0.25, -0.2) is 4.79 Å². The van der Waals surface area contributed by atoms with Crippen molar-refractivity contribution in [2.75, 3.05) is 36.6 Å². The number of aromatic nitrogens is 4. The van der Waals surface area contributed by atoms with Gasteiger partial charge in [0.15, 0.2) is 5.69 Å². The van der Waals surface area contributed by atoms with E-state index in [1.165, 1.54) is 16.6 Å². The second kappa shape index (κ2) is 11.7.